The normalized spacial score (nSPS) is 10.2. The van der Waals surface area contributed by atoms with Crippen LogP contribution < -0.4 is 10.6 Å². The van der Waals surface area contributed by atoms with Crippen LogP contribution in [-0.4, -0.2) is 17.4 Å². The van der Waals surface area contributed by atoms with Gasteiger partial charge in [-0.2, -0.15) is 0 Å². The zero-order chi connectivity index (χ0) is 14.5. The Balaban J connectivity index is 2.26. The third-order valence-corrected chi connectivity index (χ3v) is 3.07. The van der Waals surface area contributed by atoms with E-state index in [1.165, 1.54) is 12.1 Å². The molecule has 0 spiro atoms. The highest BCUT2D eigenvalue weighted by molar-refractivity contribution is 9.10. The molecule has 0 fully saturated rings. The summed E-state index contributed by atoms with van der Waals surface area (Å²) in [5, 5.41) is 5.54. The molecule has 0 bridgehead atoms. The van der Waals surface area contributed by atoms with E-state index in [0.29, 0.717) is 22.4 Å². The summed E-state index contributed by atoms with van der Waals surface area (Å²) in [6.07, 6.45) is 1.59. The van der Waals surface area contributed by atoms with Crippen LogP contribution in [0, 0.1) is 5.82 Å². The molecule has 0 saturated carbocycles. The first kappa shape index (κ1) is 14.5. The van der Waals surface area contributed by atoms with Gasteiger partial charge in [-0.1, -0.05) is 15.9 Å². The average Bonchev–Trinajstić information content (AvgIpc) is 2.44. The molecule has 2 N–H and O–H groups in total. The number of amides is 1. The molecular formula is C14H13BrFN3O. The van der Waals surface area contributed by atoms with Gasteiger partial charge < -0.3 is 10.6 Å². The monoisotopic (exact) mass is 337 g/mol. The summed E-state index contributed by atoms with van der Waals surface area (Å²) in [5.41, 5.74) is 0.490. The predicted molar refractivity (Wildman–Crippen MR) is 80.5 cm³/mol. The lowest BCUT2D eigenvalue weighted by atomic mass is 10.2. The van der Waals surface area contributed by atoms with Crippen LogP contribution in [0.15, 0.2) is 41.0 Å². The van der Waals surface area contributed by atoms with Gasteiger partial charge in [-0.05, 0) is 37.3 Å². The average molecular weight is 338 g/mol. The zero-order valence-corrected chi connectivity index (χ0v) is 12.4. The molecule has 2 rings (SSSR count). The number of carbonyl (C=O) groups excluding carboxylic acids is 1. The largest absolute Gasteiger partial charge is 0.370 e. The first-order valence-electron chi connectivity index (χ1n) is 6.07. The number of carbonyl (C=O) groups is 1. The topological polar surface area (TPSA) is 54.0 Å². The maximum Gasteiger partial charge on any atom is 0.259 e. The molecule has 0 unspecified atom stereocenters. The quantitative estimate of drug-likeness (QED) is 0.894. The van der Waals surface area contributed by atoms with Crippen LogP contribution in [0.4, 0.5) is 15.9 Å². The van der Waals surface area contributed by atoms with Crippen molar-refractivity contribution >= 4 is 33.3 Å². The van der Waals surface area contributed by atoms with Crippen LogP contribution in [0.25, 0.3) is 0 Å². The molecule has 0 saturated heterocycles. The number of aromatic nitrogens is 1. The highest BCUT2D eigenvalue weighted by atomic mass is 79.9. The van der Waals surface area contributed by atoms with E-state index in [0.717, 1.165) is 0 Å². The van der Waals surface area contributed by atoms with E-state index in [9.17, 15) is 9.18 Å². The summed E-state index contributed by atoms with van der Waals surface area (Å²) in [6.45, 7) is 2.55. The Labute approximate surface area is 124 Å². The second kappa shape index (κ2) is 6.47. The summed E-state index contributed by atoms with van der Waals surface area (Å²) in [5.74, 6) is -0.426. The van der Waals surface area contributed by atoms with Gasteiger partial charge in [0.2, 0.25) is 0 Å². The summed E-state index contributed by atoms with van der Waals surface area (Å²) < 4.78 is 14.3. The molecule has 2 aromatic rings. The minimum atomic E-state index is -0.490. The van der Waals surface area contributed by atoms with Crippen molar-refractivity contribution in [3.05, 3.63) is 52.4 Å². The van der Waals surface area contributed by atoms with Gasteiger partial charge in [0.15, 0.2) is 0 Å². The molecule has 6 heteroatoms. The van der Waals surface area contributed by atoms with Gasteiger partial charge in [-0.3, -0.25) is 4.79 Å². The van der Waals surface area contributed by atoms with Crippen molar-refractivity contribution in [2.24, 2.45) is 0 Å². The Hall–Kier alpha value is -1.95. The molecule has 104 valence electrons. The second-order valence-corrected chi connectivity index (χ2v) is 4.92. The minimum Gasteiger partial charge on any atom is -0.370 e. The minimum absolute atomic E-state index is 0.121. The fraction of sp³-hybridized carbons (Fsp3) is 0.143. The summed E-state index contributed by atoms with van der Waals surface area (Å²) in [4.78, 5) is 16.3. The van der Waals surface area contributed by atoms with Crippen molar-refractivity contribution < 1.29 is 9.18 Å². The number of anilines is 2. The molecule has 0 aliphatic heterocycles. The Kier molecular flexibility index (Phi) is 4.68. The highest BCUT2D eigenvalue weighted by Crippen LogP contribution is 2.21. The van der Waals surface area contributed by atoms with E-state index in [-0.39, 0.29) is 5.69 Å². The van der Waals surface area contributed by atoms with E-state index in [2.05, 4.69) is 31.5 Å². The van der Waals surface area contributed by atoms with E-state index in [4.69, 9.17) is 0 Å². The Morgan fingerprint density at radius 1 is 1.40 bits per heavy atom. The molecule has 1 heterocycles. The second-order valence-electron chi connectivity index (χ2n) is 4.01. The molecule has 1 aromatic heterocycles. The Morgan fingerprint density at radius 2 is 2.20 bits per heavy atom. The molecule has 4 nitrogen and oxygen atoms in total. The predicted octanol–water partition coefficient (Wildman–Crippen LogP) is 3.67. The van der Waals surface area contributed by atoms with Gasteiger partial charge in [0.05, 0.1) is 11.3 Å². The van der Waals surface area contributed by atoms with E-state index in [1.807, 2.05) is 6.92 Å². The zero-order valence-electron chi connectivity index (χ0n) is 10.8. The summed E-state index contributed by atoms with van der Waals surface area (Å²) in [6, 6.07) is 7.66. The Bertz CT molecular complexity index is 634. The van der Waals surface area contributed by atoms with Crippen molar-refractivity contribution in [2.45, 2.75) is 6.92 Å². The number of rotatable bonds is 4. The number of nitrogens with one attached hydrogen (secondary N) is 2. The first-order chi connectivity index (χ1) is 9.61. The van der Waals surface area contributed by atoms with Crippen molar-refractivity contribution in [2.75, 3.05) is 17.2 Å². The number of hydrogen-bond acceptors (Lipinski definition) is 3. The number of benzene rings is 1. The summed E-state index contributed by atoms with van der Waals surface area (Å²) in [7, 11) is 0. The van der Waals surface area contributed by atoms with E-state index in [1.54, 1.807) is 24.4 Å². The maximum absolute atomic E-state index is 13.6. The van der Waals surface area contributed by atoms with Crippen LogP contribution >= 0.6 is 15.9 Å². The van der Waals surface area contributed by atoms with Crippen LogP contribution in [0.2, 0.25) is 0 Å². The van der Waals surface area contributed by atoms with Crippen molar-refractivity contribution in [3.63, 3.8) is 0 Å². The summed E-state index contributed by atoms with van der Waals surface area (Å²) >= 11 is 3.24. The molecular weight excluding hydrogens is 325 g/mol. The molecule has 1 amide bonds. The van der Waals surface area contributed by atoms with Crippen LogP contribution in [0.5, 0.6) is 0 Å². The SMILES string of the molecule is CCNc1ncccc1C(=O)Nc1cc(Br)ccc1F. The van der Waals surface area contributed by atoms with Crippen LogP contribution in [0.1, 0.15) is 17.3 Å². The first-order valence-corrected chi connectivity index (χ1v) is 6.86. The number of pyridine rings is 1. The molecule has 0 radical (unpaired) electrons. The van der Waals surface area contributed by atoms with Gasteiger partial charge in [0.1, 0.15) is 11.6 Å². The smallest absolute Gasteiger partial charge is 0.259 e. The molecule has 0 aliphatic rings. The van der Waals surface area contributed by atoms with Crippen molar-refractivity contribution in [1.29, 1.82) is 0 Å². The van der Waals surface area contributed by atoms with Gasteiger partial charge in [-0.25, -0.2) is 9.37 Å². The van der Waals surface area contributed by atoms with Gasteiger partial charge >= 0.3 is 0 Å². The molecule has 0 aliphatic carbocycles. The highest BCUT2D eigenvalue weighted by Gasteiger charge is 2.14. The number of hydrogen-bond donors (Lipinski definition) is 2. The lowest BCUT2D eigenvalue weighted by Gasteiger charge is -2.10. The van der Waals surface area contributed by atoms with Crippen molar-refractivity contribution in [1.82, 2.24) is 4.98 Å². The fourth-order valence-corrected chi connectivity index (χ4v) is 2.04. The van der Waals surface area contributed by atoms with Crippen LogP contribution in [-0.2, 0) is 0 Å². The number of halogens is 2. The van der Waals surface area contributed by atoms with Crippen LogP contribution in [0.3, 0.4) is 0 Å². The maximum atomic E-state index is 13.6. The Morgan fingerprint density at radius 3 is 2.95 bits per heavy atom. The lowest BCUT2D eigenvalue weighted by Crippen LogP contribution is -2.16. The van der Waals surface area contributed by atoms with E-state index >= 15 is 0 Å². The van der Waals surface area contributed by atoms with Gasteiger partial charge in [-0.15, -0.1) is 0 Å². The molecule has 1 aromatic carbocycles. The third-order valence-electron chi connectivity index (χ3n) is 2.57. The fourth-order valence-electron chi connectivity index (χ4n) is 1.68. The molecule has 20 heavy (non-hydrogen) atoms. The van der Waals surface area contributed by atoms with Crippen molar-refractivity contribution in [3.8, 4) is 0 Å². The van der Waals surface area contributed by atoms with Gasteiger partial charge in [0, 0.05) is 17.2 Å². The van der Waals surface area contributed by atoms with Gasteiger partial charge in [0.25, 0.3) is 5.91 Å². The standard InChI is InChI=1S/C14H13BrFN3O/c1-2-17-13-10(4-3-7-18-13)14(20)19-12-8-9(15)5-6-11(12)16/h3-8H,2H2,1H3,(H,17,18)(H,19,20). The number of nitrogens with zero attached hydrogens (tertiary/aromatic N) is 1. The third kappa shape index (κ3) is 3.33. The molecule has 0 atom stereocenters. The lowest BCUT2D eigenvalue weighted by molar-refractivity contribution is 0.102. The van der Waals surface area contributed by atoms with E-state index < -0.39 is 11.7 Å².